The summed E-state index contributed by atoms with van der Waals surface area (Å²) in [4.78, 5) is 5.92. The molecular formula is C88H56GeN2. The fourth-order valence-electron chi connectivity index (χ4n) is 18.7. The predicted molar refractivity (Wildman–Crippen MR) is 378 cm³/mol. The van der Waals surface area contributed by atoms with E-state index in [1.54, 1.807) is 13.2 Å². The third-order valence-corrected chi connectivity index (χ3v) is 32.2. The Hall–Kier alpha value is -10.8. The molecule has 91 heavy (non-hydrogen) atoms. The number of benzene rings is 14. The van der Waals surface area contributed by atoms with Crippen LogP contribution in [-0.2, 0) is 11.8 Å². The Morgan fingerprint density at radius 3 is 1.31 bits per heavy atom. The van der Waals surface area contributed by atoms with Crippen molar-refractivity contribution in [1.82, 2.24) is 0 Å². The summed E-state index contributed by atoms with van der Waals surface area (Å²) in [5.41, 5.74) is 36.2. The van der Waals surface area contributed by atoms with Gasteiger partial charge in [0.1, 0.15) is 0 Å². The Morgan fingerprint density at radius 2 is 0.725 bits per heavy atom. The molecule has 0 N–H and O–H groups in total. The SMILES string of the molecule is c1ccc(-c2cc(-c3ccccc3)cc(-c3cccc(-c4cc(-c5ccccc5)cc(-c5ccccc5)c4)c3N3c4ccc[c]5c4N4c6[c](ccc7c6C6(c8ccccc8C8c9ccccc9-c9ccc(c6c98)C7)C34)[Ge]53[c]4ccccc4-c4cccc[c]43)c2)cc1. The van der Waals surface area contributed by atoms with Crippen molar-refractivity contribution in [2.24, 2.45) is 0 Å². The van der Waals surface area contributed by atoms with E-state index in [-0.39, 0.29) is 12.1 Å². The monoisotopic (exact) mass is 1210 g/mol. The summed E-state index contributed by atoms with van der Waals surface area (Å²) < 4.78 is 6.16. The van der Waals surface area contributed by atoms with Crippen molar-refractivity contribution in [2.75, 3.05) is 9.80 Å². The van der Waals surface area contributed by atoms with Crippen LogP contribution in [0.5, 0.6) is 0 Å². The second-order valence-electron chi connectivity index (χ2n) is 26.0. The van der Waals surface area contributed by atoms with E-state index in [0.29, 0.717) is 0 Å². The molecule has 0 radical (unpaired) electrons. The zero-order valence-electron chi connectivity index (χ0n) is 49.8. The van der Waals surface area contributed by atoms with Gasteiger partial charge in [-0.15, -0.1) is 0 Å². The van der Waals surface area contributed by atoms with Gasteiger partial charge in [-0.2, -0.15) is 0 Å². The predicted octanol–water partition coefficient (Wildman–Crippen LogP) is 18.7. The average molecular weight is 1210 g/mol. The van der Waals surface area contributed by atoms with Crippen LogP contribution in [0.1, 0.15) is 50.4 Å². The number of rotatable bonds is 7. The van der Waals surface area contributed by atoms with E-state index in [9.17, 15) is 0 Å². The van der Waals surface area contributed by atoms with Gasteiger partial charge in [-0.3, -0.25) is 0 Å². The molecule has 0 saturated heterocycles. The molecule has 0 fully saturated rings. The molecular weight excluding hydrogens is 1160 g/mol. The van der Waals surface area contributed by atoms with Crippen LogP contribution in [0.2, 0.25) is 0 Å². The van der Waals surface area contributed by atoms with Crippen molar-refractivity contribution >= 4 is 53.6 Å². The molecule has 3 atom stereocenters. The molecule has 2 nitrogen and oxygen atoms in total. The van der Waals surface area contributed by atoms with Crippen LogP contribution >= 0.6 is 0 Å². The first-order valence-electron chi connectivity index (χ1n) is 32.2. The molecule has 0 aromatic heterocycles. The van der Waals surface area contributed by atoms with Crippen molar-refractivity contribution < 1.29 is 0 Å². The van der Waals surface area contributed by atoms with Gasteiger partial charge in [-0.05, 0) is 0 Å². The molecule has 21 rings (SSSR count). The van der Waals surface area contributed by atoms with Crippen molar-refractivity contribution in [3.63, 3.8) is 0 Å². The molecule has 3 unspecified atom stereocenters. The number of nitrogens with zero attached hydrogens (tertiary/aromatic N) is 2. The zero-order valence-corrected chi connectivity index (χ0v) is 51.9. The summed E-state index contributed by atoms with van der Waals surface area (Å²) in [5.74, 6) is 0.109. The third-order valence-electron chi connectivity index (χ3n) is 21.9. The van der Waals surface area contributed by atoms with Gasteiger partial charge in [0.15, 0.2) is 0 Å². The average Bonchev–Trinajstić information content (AvgIpc) is 1.46. The Kier molecular flexibility index (Phi) is 10.1. The van der Waals surface area contributed by atoms with Gasteiger partial charge in [0.05, 0.1) is 0 Å². The maximum absolute atomic E-state index is 3.97. The third kappa shape index (κ3) is 6.42. The van der Waals surface area contributed by atoms with E-state index in [2.05, 4.69) is 325 Å². The van der Waals surface area contributed by atoms with E-state index in [1.165, 1.54) is 161 Å². The first kappa shape index (κ1) is 50.1. The second-order valence-corrected chi connectivity index (χ2v) is 33.7. The molecule has 4 aliphatic heterocycles. The first-order valence-corrected chi connectivity index (χ1v) is 36.4. The van der Waals surface area contributed by atoms with Gasteiger partial charge in [-0.1, -0.05) is 24.3 Å². The quantitative estimate of drug-likeness (QED) is 0.147. The molecule has 7 aliphatic rings. The molecule has 0 bridgehead atoms. The Morgan fingerprint density at radius 1 is 0.286 bits per heavy atom. The van der Waals surface area contributed by atoms with Crippen LogP contribution in [0.4, 0.5) is 22.7 Å². The van der Waals surface area contributed by atoms with E-state index in [4.69, 9.17) is 0 Å². The van der Waals surface area contributed by atoms with Crippen LogP contribution in [0.3, 0.4) is 0 Å². The van der Waals surface area contributed by atoms with Crippen molar-refractivity contribution in [2.45, 2.75) is 23.9 Å². The topological polar surface area (TPSA) is 6.48 Å². The van der Waals surface area contributed by atoms with Gasteiger partial charge in [0, 0.05) is 0 Å². The summed E-state index contributed by atoms with van der Waals surface area (Å²) in [6.07, 6.45) is 0.615. The fraction of sp³-hybridized carbons (Fsp3) is 0.0455. The minimum atomic E-state index is -3.97. The minimum absolute atomic E-state index is 0.109. The molecule has 14 aromatic carbocycles. The maximum atomic E-state index is 2.97. The number of fused-ring (bicyclic) bond motifs is 12. The van der Waals surface area contributed by atoms with Gasteiger partial charge >= 0.3 is 512 Å². The Balaban J connectivity index is 0.952. The van der Waals surface area contributed by atoms with Gasteiger partial charge in [0.2, 0.25) is 0 Å². The molecule has 14 aromatic rings. The molecule has 3 heteroatoms. The number of para-hydroxylation sites is 2. The normalized spacial score (nSPS) is 17.5. The molecule has 3 aliphatic carbocycles. The molecule has 0 saturated carbocycles. The van der Waals surface area contributed by atoms with Gasteiger partial charge in [-0.25, -0.2) is 0 Å². The molecule has 0 amide bonds. The Bertz CT molecular complexity index is 5170. The Labute approximate surface area is 532 Å². The number of hydrogen-bond donors (Lipinski definition) is 0. The summed E-state index contributed by atoms with van der Waals surface area (Å²) in [7, 11) is 0. The van der Waals surface area contributed by atoms with Gasteiger partial charge < -0.3 is 0 Å². The van der Waals surface area contributed by atoms with Crippen molar-refractivity contribution in [3.8, 4) is 89.0 Å². The fourth-order valence-corrected chi connectivity index (χ4v) is 30.3. The summed E-state index contributed by atoms with van der Waals surface area (Å²) in [5, 5.41) is 0. The van der Waals surface area contributed by atoms with Crippen molar-refractivity contribution in [3.05, 3.63) is 360 Å². The molecule has 4 heterocycles. The van der Waals surface area contributed by atoms with E-state index >= 15 is 0 Å². The molecule has 422 valence electrons. The van der Waals surface area contributed by atoms with E-state index in [1.807, 2.05) is 0 Å². The van der Waals surface area contributed by atoms with E-state index < -0.39 is 18.7 Å². The summed E-state index contributed by atoms with van der Waals surface area (Å²) in [6, 6.07) is 122. The molecule has 2 spiro atoms. The summed E-state index contributed by atoms with van der Waals surface area (Å²) in [6.45, 7) is 0. The van der Waals surface area contributed by atoms with Crippen LogP contribution < -0.4 is 27.4 Å². The van der Waals surface area contributed by atoms with Crippen LogP contribution in [0, 0.1) is 0 Å². The number of anilines is 4. The summed E-state index contributed by atoms with van der Waals surface area (Å²) >= 11 is -3.97. The van der Waals surface area contributed by atoms with Crippen LogP contribution in [0.25, 0.3) is 89.0 Å². The van der Waals surface area contributed by atoms with Gasteiger partial charge in [0.25, 0.3) is 0 Å². The standard InChI is InChI=1S/C88H56GeN2/c1-5-23-54(24-6-1)60-48-61(55-25-7-2-8-26-55)51-64(50-60)66-36-21-37-67(65-52-62(56-27-9-3-10-28-56)49-63(53-65)57-29-11-4-12-30-57)84(66)90-79-42-22-41-77-85(79)91-86-78(89(77)75-39-19-16-32-69(75)70-33-17-20-40-76(70)89)46-44-59-47-58-43-45-72-68-31-13-14-34-71(68)80-73-35-15-18-38-74(73)88(83(59)86,87(90)91)82(58)81(72)80/h1-46,48-53,80,87H,47H2. The number of hydrogen-bond acceptors (Lipinski definition) is 2. The van der Waals surface area contributed by atoms with E-state index in [0.717, 1.165) is 6.42 Å². The first-order chi connectivity index (χ1) is 45.2. The second kappa shape index (κ2) is 18.4. The van der Waals surface area contributed by atoms with Crippen molar-refractivity contribution in [1.29, 1.82) is 0 Å². The zero-order chi connectivity index (χ0) is 59.3. The van der Waals surface area contributed by atoms with Crippen LogP contribution in [0.15, 0.2) is 315 Å². The van der Waals surface area contributed by atoms with Crippen LogP contribution in [-0.4, -0.2) is 19.4 Å².